The first-order valence-corrected chi connectivity index (χ1v) is 5.38. The van der Waals surface area contributed by atoms with Crippen LogP contribution >= 0.6 is 0 Å². The highest BCUT2D eigenvalue weighted by molar-refractivity contribution is 7.87. The summed E-state index contributed by atoms with van der Waals surface area (Å²) in [5, 5.41) is 0. The lowest BCUT2D eigenvalue weighted by Crippen LogP contribution is -2.40. The Labute approximate surface area is 73.7 Å². The Morgan fingerprint density at radius 1 is 1.58 bits per heavy atom. The predicted molar refractivity (Wildman–Crippen MR) is 48.8 cm³/mol. The molecule has 0 radical (unpaired) electrons. The van der Waals surface area contributed by atoms with Crippen LogP contribution in [-0.2, 0) is 10.8 Å². The molecule has 3 heteroatoms. The maximum absolute atomic E-state index is 11.8. The molecule has 0 fully saturated rings. The van der Waals surface area contributed by atoms with Crippen LogP contribution in [0.2, 0.25) is 0 Å². The second kappa shape index (κ2) is 1.91. The van der Waals surface area contributed by atoms with Gasteiger partial charge in [0, 0.05) is 18.5 Å². The maximum atomic E-state index is 11.8. The van der Waals surface area contributed by atoms with Crippen LogP contribution in [0.1, 0.15) is 0 Å². The second-order valence-electron chi connectivity index (χ2n) is 3.24. The molecule has 2 atom stereocenters. The van der Waals surface area contributed by atoms with E-state index < -0.39 is 10.8 Å². The summed E-state index contributed by atoms with van der Waals surface area (Å²) in [5.74, 6) is 0.709. The Morgan fingerprint density at radius 2 is 2.50 bits per heavy atom. The van der Waals surface area contributed by atoms with Gasteiger partial charge < -0.3 is 4.90 Å². The number of hydrogen-bond donors (Lipinski definition) is 0. The summed E-state index contributed by atoms with van der Waals surface area (Å²) < 4.78 is 11.8. The van der Waals surface area contributed by atoms with E-state index >= 15 is 0 Å². The average Bonchev–Trinajstić information content (AvgIpc) is 2.63. The molecule has 3 aliphatic rings. The normalized spacial score (nSPS) is 41.8. The van der Waals surface area contributed by atoms with Crippen LogP contribution in [0.15, 0.2) is 36.1 Å². The molecule has 3 rings (SSSR count). The first kappa shape index (κ1) is 6.66. The molecule has 0 bridgehead atoms. The van der Waals surface area contributed by atoms with Gasteiger partial charge >= 0.3 is 0 Å². The quantitative estimate of drug-likeness (QED) is 0.512. The van der Waals surface area contributed by atoms with Crippen LogP contribution < -0.4 is 0 Å². The minimum atomic E-state index is -0.770. The monoisotopic (exact) mass is 179 g/mol. The van der Waals surface area contributed by atoms with Gasteiger partial charge in [-0.2, -0.15) is 0 Å². The highest BCUT2D eigenvalue weighted by atomic mass is 32.2. The molecule has 0 N–H and O–H groups in total. The summed E-state index contributed by atoms with van der Waals surface area (Å²) in [6.07, 6.45) is 10.4. The van der Waals surface area contributed by atoms with Crippen molar-refractivity contribution in [2.75, 3.05) is 12.3 Å². The van der Waals surface area contributed by atoms with Gasteiger partial charge in [-0.05, 0) is 17.7 Å². The van der Waals surface area contributed by atoms with Gasteiger partial charge in [-0.25, -0.2) is 0 Å². The Morgan fingerprint density at radius 3 is 3.42 bits per heavy atom. The molecule has 0 aromatic carbocycles. The lowest BCUT2D eigenvalue weighted by molar-refractivity contribution is 0.396. The van der Waals surface area contributed by atoms with Crippen molar-refractivity contribution in [2.24, 2.45) is 0 Å². The molecule has 12 heavy (non-hydrogen) atoms. The third-order valence-electron chi connectivity index (χ3n) is 2.72. The molecule has 0 saturated carbocycles. The zero-order valence-corrected chi connectivity index (χ0v) is 7.38. The van der Waals surface area contributed by atoms with Gasteiger partial charge in [0.15, 0.2) is 4.87 Å². The molecule has 0 aliphatic carbocycles. The number of nitrogens with zero attached hydrogens (tertiary/aromatic N) is 1. The zero-order chi connectivity index (χ0) is 8.18. The molecule has 0 saturated heterocycles. The minimum Gasteiger partial charge on any atom is -0.350 e. The van der Waals surface area contributed by atoms with Crippen LogP contribution in [-0.4, -0.2) is 26.3 Å². The largest absolute Gasteiger partial charge is 0.350 e. The van der Waals surface area contributed by atoms with Crippen molar-refractivity contribution in [1.82, 2.24) is 4.90 Å². The standard InChI is InChI=1S/C9H9NOS/c11-12-7-3-8-2-6-10-5-1-4-9(8,10)12/h1-4,6H,5,7H2. The van der Waals surface area contributed by atoms with Crippen molar-refractivity contribution in [3.8, 4) is 0 Å². The summed E-state index contributed by atoms with van der Waals surface area (Å²) in [5.41, 5.74) is 1.22. The Balaban J connectivity index is 2.23. The fourth-order valence-corrected chi connectivity index (χ4v) is 3.77. The molecule has 0 aromatic rings. The van der Waals surface area contributed by atoms with Crippen LogP contribution in [0.5, 0.6) is 0 Å². The molecule has 2 unspecified atom stereocenters. The van der Waals surface area contributed by atoms with E-state index in [1.807, 2.05) is 6.20 Å². The molecular formula is C9H9NOS. The summed E-state index contributed by atoms with van der Waals surface area (Å²) in [6.45, 7) is 0.902. The van der Waals surface area contributed by atoms with Gasteiger partial charge in [0.05, 0.1) is 10.8 Å². The SMILES string of the molecule is O=S1CC=C2C=CN3CC=CC231. The second-order valence-corrected chi connectivity index (χ2v) is 4.89. The van der Waals surface area contributed by atoms with Gasteiger partial charge in [0.25, 0.3) is 0 Å². The van der Waals surface area contributed by atoms with E-state index in [0.29, 0.717) is 5.75 Å². The number of rotatable bonds is 0. The lowest BCUT2D eigenvalue weighted by atomic mass is 10.1. The van der Waals surface area contributed by atoms with E-state index in [4.69, 9.17) is 0 Å². The molecule has 0 amide bonds. The average molecular weight is 179 g/mol. The third kappa shape index (κ3) is 0.524. The topological polar surface area (TPSA) is 20.3 Å². The van der Waals surface area contributed by atoms with Gasteiger partial charge in [0.1, 0.15) is 0 Å². The first-order chi connectivity index (χ1) is 5.84. The van der Waals surface area contributed by atoms with E-state index in [9.17, 15) is 4.21 Å². The maximum Gasteiger partial charge on any atom is 0.160 e. The smallest absolute Gasteiger partial charge is 0.160 e. The summed E-state index contributed by atoms with van der Waals surface area (Å²) in [6, 6.07) is 0. The van der Waals surface area contributed by atoms with Crippen molar-refractivity contribution in [1.29, 1.82) is 0 Å². The van der Waals surface area contributed by atoms with Gasteiger partial charge in [-0.1, -0.05) is 12.2 Å². The Hall–Kier alpha value is -0.830. The first-order valence-electron chi connectivity index (χ1n) is 4.06. The molecule has 1 spiro atoms. The van der Waals surface area contributed by atoms with Crippen LogP contribution in [0, 0.1) is 0 Å². The molecule has 62 valence electrons. The van der Waals surface area contributed by atoms with E-state index in [0.717, 1.165) is 6.54 Å². The fourth-order valence-electron chi connectivity index (χ4n) is 2.13. The van der Waals surface area contributed by atoms with Gasteiger partial charge in [-0.15, -0.1) is 0 Å². The molecule has 2 nitrogen and oxygen atoms in total. The van der Waals surface area contributed by atoms with Crippen LogP contribution in [0.3, 0.4) is 0 Å². The van der Waals surface area contributed by atoms with E-state index in [2.05, 4.69) is 29.2 Å². The summed E-state index contributed by atoms with van der Waals surface area (Å²) in [7, 11) is -0.770. The Bertz CT molecular complexity index is 356. The van der Waals surface area contributed by atoms with Crippen molar-refractivity contribution in [3.05, 3.63) is 36.1 Å². The summed E-state index contributed by atoms with van der Waals surface area (Å²) >= 11 is 0. The zero-order valence-electron chi connectivity index (χ0n) is 6.56. The predicted octanol–water partition coefficient (Wildman–Crippen LogP) is 0.770. The molecule has 3 heterocycles. The van der Waals surface area contributed by atoms with Gasteiger partial charge in [-0.3, -0.25) is 4.21 Å². The van der Waals surface area contributed by atoms with E-state index in [-0.39, 0.29) is 4.87 Å². The van der Waals surface area contributed by atoms with E-state index in [1.54, 1.807) is 0 Å². The van der Waals surface area contributed by atoms with Gasteiger partial charge in [0.2, 0.25) is 0 Å². The highest BCUT2D eigenvalue weighted by Crippen LogP contribution is 2.43. The minimum absolute atomic E-state index is 0.250. The van der Waals surface area contributed by atoms with Crippen LogP contribution in [0.25, 0.3) is 0 Å². The molecular weight excluding hydrogens is 170 g/mol. The van der Waals surface area contributed by atoms with Crippen molar-refractivity contribution >= 4 is 10.8 Å². The van der Waals surface area contributed by atoms with Crippen molar-refractivity contribution in [3.63, 3.8) is 0 Å². The third-order valence-corrected chi connectivity index (χ3v) is 4.49. The fraction of sp³-hybridized carbons (Fsp3) is 0.333. The lowest BCUT2D eigenvalue weighted by Gasteiger charge is -2.28. The Kier molecular flexibility index (Phi) is 1.06. The molecule has 0 aromatic heterocycles. The molecule has 3 aliphatic heterocycles. The van der Waals surface area contributed by atoms with Crippen LogP contribution in [0.4, 0.5) is 0 Å². The van der Waals surface area contributed by atoms with Crippen molar-refractivity contribution < 1.29 is 4.21 Å². The highest BCUT2D eigenvalue weighted by Gasteiger charge is 2.49. The van der Waals surface area contributed by atoms with Crippen molar-refractivity contribution in [2.45, 2.75) is 4.87 Å². The van der Waals surface area contributed by atoms with E-state index in [1.165, 1.54) is 5.57 Å². The summed E-state index contributed by atoms with van der Waals surface area (Å²) in [4.78, 5) is 1.90. The number of hydrogen-bond acceptors (Lipinski definition) is 2.